The number of alkyl halides is 3. The fraction of sp³-hybridized carbons (Fsp3) is 0.143. The number of rotatable bonds is 0. The molecule has 0 aliphatic heterocycles. The Bertz CT molecular complexity index is 332. The summed E-state index contributed by atoms with van der Waals surface area (Å²) in [6.45, 7) is 0. The Morgan fingerprint density at radius 1 is 1.00 bits per heavy atom. The molecule has 0 aliphatic rings. The van der Waals surface area contributed by atoms with E-state index in [4.69, 9.17) is 0 Å². The molecule has 0 fully saturated rings. The molecule has 0 saturated carbocycles. The molecule has 0 nitrogen and oxygen atoms in total. The van der Waals surface area contributed by atoms with E-state index in [1.54, 1.807) is 0 Å². The number of benzene rings is 1. The Balaban J connectivity index is 3.32. The molecule has 6 heteroatoms. The summed E-state index contributed by atoms with van der Waals surface area (Å²) in [5.74, 6) is -1.29. The van der Waals surface area contributed by atoms with E-state index in [1.165, 1.54) is 0 Å². The Morgan fingerprint density at radius 3 is 1.92 bits per heavy atom. The van der Waals surface area contributed by atoms with Crippen LogP contribution in [0.2, 0.25) is 0 Å². The van der Waals surface area contributed by atoms with Crippen LogP contribution in [0, 0.1) is 5.82 Å². The average Bonchev–Trinajstić information content (AvgIpc) is 1.94. The second-order valence-electron chi connectivity index (χ2n) is 2.24. The molecule has 0 unspecified atom stereocenters. The van der Waals surface area contributed by atoms with Gasteiger partial charge in [0.15, 0.2) is 0 Å². The summed E-state index contributed by atoms with van der Waals surface area (Å²) in [5, 5.41) is 0. The van der Waals surface area contributed by atoms with Gasteiger partial charge in [-0.25, -0.2) is 4.39 Å². The Labute approximate surface area is 88.2 Å². The third-order valence-electron chi connectivity index (χ3n) is 1.32. The van der Waals surface area contributed by atoms with E-state index in [0.29, 0.717) is 6.07 Å². The smallest absolute Gasteiger partial charge is 0.206 e. The zero-order valence-corrected chi connectivity index (χ0v) is 9.09. The van der Waals surface area contributed by atoms with E-state index >= 15 is 0 Å². The van der Waals surface area contributed by atoms with Crippen LogP contribution in [0.5, 0.6) is 0 Å². The average molecular weight is 322 g/mol. The molecule has 72 valence electrons. The molecule has 13 heavy (non-hydrogen) atoms. The molecule has 1 aromatic carbocycles. The first-order valence-corrected chi connectivity index (χ1v) is 4.62. The van der Waals surface area contributed by atoms with E-state index in [1.807, 2.05) is 0 Å². The van der Waals surface area contributed by atoms with Crippen LogP contribution in [0.4, 0.5) is 17.6 Å². The van der Waals surface area contributed by atoms with Crippen molar-refractivity contribution < 1.29 is 17.6 Å². The Hall–Kier alpha value is -0.100. The van der Waals surface area contributed by atoms with Crippen molar-refractivity contribution >= 4 is 31.9 Å². The van der Waals surface area contributed by atoms with Crippen molar-refractivity contribution in [2.75, 3.05) is 0 Å². The zero-order chi connectivity index (χ0) is 10.2. The lowest BCUT2D eigenvalue weighted by Crippen LogP contribution is -2.08. The molecular weight excluding hydrogens is 320 g/mol. The van der Waals surface area contributed by atoms with E-state index in [-0.39, 0.29) is 8.95 Å². The van der Waals surface area contributed by atoms with Gasteiger partial charge in [-0.2, -0.15) is 13.2 Å². The monoisotopic (exact) mass is 320 g/mol. The molecule has 1 rings (SSSR count). The van der Waals surface area contributed by atoms with Crippen LogP contribution in [-0.2, 0) is 6.18 Å². The van der Waals surface area contributed by atoms with Crippen LogP contribution in [-0.4, -0.2) is 0 Å². The second kappa shape index (κ2) is 3.57. The predicted octanol–water partition coefficient (Wildman–Crippen LogP) is 4.37. The van der Waals surface area contributed by atoms with Crippen molar-refractivity contribution in [3.63, 3.8) is 0 Å². The molecule has 0 radical (unpaired) electrons. The lowest BCUT2D eigenvalue weighted by Gasteiger charge is -2.08. The van der Waals surface area contributed by atoms with Gasteiger partial charge < -0.3 is 0 Å². The molecule has 1 aromatic rings. The highest BCUT2D eigenvalue weighted by molar-refractivity contribution is 9.13. The maximum atomic E-state index is 12.8. The van der Waals surface area contributed by atoms with Gasteiger partial charge in [-0.3, -0.25) is 0 Å². The molecule has 0 bridgehead atoms. The summed E-state index contributed by atoms with van der Waals surface area (Å²) in [7, 11) is 0. The largest absolute Gasteiger partial charge is 0.419 e. The molecule has 0 spiro atoms. The van der Waals surface area contributed by atoms with Crippen LogP contribution < -0.4 is 0 Å². The van der Waals surface area contributed by atoms with Crippen LogP contribution in [0.3, 0.4) is 0 Å². The third kappa shape index (κ3) is 2.43. The van der Waals surface area contributed by atoms with Gasteiger partial charge in [0.25, 0.3) is 0 Å². The normalized spacial score (nSPS) is 11.8. The molecule has 0 heterocycles. The van der Waals surface area contributed by atoms with E-state index in [9.17, 15) is 17.6 Å². The third-order valence-corrected chi connectivity index (χ3v) is 3.16. The summed E-state index contributed by atoms with van der Waals surface area (Å²) in [6, 6.07) is 1.46. The molecule has 0 amide bonds. The van der Waals surface area contributed by atoms with Gasteiger partial charge in [0.2, 0.25) is 0 Å². The number of halogens is 6. The highest BCUT2D eigenvalue weighted by Gasteiger charge is 2.34. The van der Waals surface area contributed by atoms with E-state index in [2.05, 4.69) is 31.9 Å². The van der Waals surface area contributed by atoms with Crippen LogP contribution in [0.1, 0.15) is 5.56 Å². The SMILES string of the molecule is Fc1cc(Br)c(Br)cc1C(F)(F)F. The van der Waals surface area contributed by atoms with Crippen molar-refractivity contribution in [1.82, 2.24) is 0 Å². The summed E-state index contributed by atoms with van der Waals surface area (Å²) >= 11 is 5.75. The van der Waals surface area contributed by atoms with Gasteiger partial charge in [-0.05, 0) is 44.0 Å². The molecule has 0 N–H and O–H groups in total. The first-order valence-electron chi connectivity index (χ1n) is 3.04. The van der Waals surface area contributed by atoms with Crippen molar-refractivity contribution in [2.45, 2.75) is 6.18 Å². The number of hydrogen-bond acceptors (Lipinski definition) is 0. The van der Waals surface area contributed by atoms with Crippen LogP contribution >= 0.6 is 31.9 Å². The first-order chi connectivity index (χ1) is 5.82. The summed E-state index contributed by atoms with van der Waals surface area (Å²) in [6.07, 6.45) is -4.66. The minimum Gasteiger partial charge on any atom is -0.206 e. The van der Waals surface area contributed by atoms with Crippen LogP contribution in [0.25, 0.3) is 0 Å². The van der Waals surface area contributed by atoms with Gasteiger partial charge in [0.1, 0.15) is 5.82 Å². The van der Waals surface area contributed by atoms with Crippen molar-refractivity contribution in [1.29, 1.82) is 0 Å². The lowest BCUT2D eigenvalue weighted by atomic mass is 10.2. The fourth-order valence-electron chi connectivity index (χ4n) is 0.740. The molecule has 0 atom stereocenters. The lowest BCUT2D eigenvalue weighted by molar-refractivity contribution is -0.140. The van der Waals surface area contributed by atoms with Gasteiger partial charge in [0, 0.05) is 8.95 Å². The minimum absolute atomic E-state index is 0.168. The quantitative estimate of drug-likeness (QED) is 0.491. The van der Waals surface area contributed by atoms with E-state index in [0.717, 1.165) is 6.07 Å². The second-order valence-corrected chi connectivity index (χ2v) is 3.95. The summed E-state index contributed by atoms with van der Waals surface area (Å²) in [5.41, 5.74) is -1.28. The van der Waals surface area contributed by atoms with Crippen LogP contribution in [0.15, 0.2) is 21.1 Å². The minimum atomic E-state index is -4.66. The summed E-state index contributed by atoms with van der Waals surface area (Å²) in [4.78, 5) is 0. The van der Waals surface area contributed by atoms with Crippen molar-refractivity contribution in [3.8, 4) is 0 Å². The topological polar surface area (TPSA) is 0 Å². The Morgan fingerprint density at radius 2 is 1.46 bits per heavy atom. The van der Waals surface area contributed by atoms with Gasteiger partial charge >= 0.3 is 6.18 Å². The van der Waals surface area contributed by atoms with Gasteiger partial charge in [-0.15, -0.1) is 0 Å². The maximum absolute atomic E-state index is 12.8. The number of hydrogen-bond donors (Lipinski definition) is 0. The zero-order valence-electron chi connectivity index (χ0n) is 5.92. The summed E-state index contributed by atoms with van der Waals surface area (Å²) < 4.78 is 49.4. The molecule has 0 aromatic heterocycles. The Kier molecular flexibility index (Phi) is 3.01. The fourth-order valence-corrected chi connectivity index (χ4v) is 1.40. The first kappa shape index (κ1) is 11.0. The van der Waals surface area contributed by atoms with Gasteiger partial charge in [-0.1, -0.05) is 0 Å². The van der Waals surface area contributed by atoms with Gasteiger partial charge in [0.05, 0.1) is 5.56 Å². The highest BCUT2D eigenvalue weighted by Crippen LogP contribution is 2.35. The highest BCUT2D eigenvalue weighted by atomic mass is 79.9. The van der Waals surface area contributed by atoms with E-state index < -0.39 is 17.6 Å². The van der Waals surface area contributed by atoms with Crippen molar-refractivity contribution in [2.24, 2.45) is 0 Å². The van der Waals surface area contributed by atoms with Crippen molar-refractivity contribution in [3.05, 3.63) is 32.5 Å². The standard InChI is InChI=1S/C7H2Br2F4/c8-4-1-3(7(11,12)13)6(10)2-5(4)9/h1-2H. The molecular formula is C7H2Br2F4. The maximum Gasteiger partial charge on any atom is 0.419 e. The molecule has 0 saturated heterocycles. The predicted molar refractivity (Wildman–Crippen MR) is 46.8 cm³/mol. The molecule has 0 aliphatic carbocycles.